The van der Waals surface area contributed by atoms with Crippen molar-refractivity contribution in [2.75, 3.05) is 14.2 Å². The van der Waals surface area contributed by atoms with Crippen LogP contribution in [0.3, 0.4) is 0 Å². The Morgan fingerprint density at radius 1 is 1.08 bits per heavy atom. The number of aliphatic hydroxyl groups is 1. The predicted octanol–water partition coefficient (Wildman–Crippen LogP) is 1.96. The third kappa shape index (κ3) is 1.00. The second-order valence-electron chi connectivity index (χ2n) is 9.00. The Morgan fingerprint density at radius 2 is 1.96 bits per heavy atom. The second-order valence-corrected chi connectivity index (χ2v) is 9.00. The Kier molecular flexibility index (Phi) is 1.97. The van der Waals surface area contributed by atoms with Crippen LogP contribution in [0.15, 0.2) is 18.2 Å². The quantitative estimate of drug-likeness (QED) is 0.919. The number of benzene rings is 1. The van der Waals surface area contributed by atoms with Gasteiger partial charge in [0.15, 0.2) is 0 Å². The summed E-state index contributed by atoms with van der Waals surface area (Å²) in [6.07, 6.45) is 1.43. The van der Waals surface area contributed by atoms with E-state index >= 15 is 0 Å². The van der Waals surface area contributed by atoms with E-state index < -0.39 is 5.72 Å². The summed E-state index contributed by atoms with van der Waals surface area (Å²) < 4.78 is 10.9. The Labute approximate surface area is 141 Å². The highest BCUT2D eigenvalue weighted by molar-refractivity contribution is 5.44. The molecule has 8 rings (SSSR count). The lowest BCUT2D eigenvalue weighted by Gasteiger charge is -2.45. The SMILES string of the molecule is COc1ccc(CN2[C@@H]3[C@H]4[C@H]5[C@@H]6C[C@@H]7[C@H]5[C@H]4[C@]2(O)[C@@H]7[C@@H]63)c(OC)c1. The van der Waals surface area contributed by atoms with Crippen molar-refractivity contribution < 1.29 is 14.6 Å². The van der Waals surface area contributed by atoms with Crippen molar-refractivity contribution in [3.05, 3.63) is 23.8 Å². The first-order chi connectivity index (χ1) is 11.7. The van der Waals surface area contributed by atoms with E-state index in [4.69, 9.17) is 9.47 Å². The summed E-state index contributed by atoms with van der Waals surface area (Å²) >= 11 is 0. The molecule has 4 heteroatoms. The van der Waals surface area contributed by atoms with Crippen molar-refractivity contribution in [3.8, 4) is 11.5 Å². The number of methoxy groups -OCH3 is 2. The van der Waals surface area contributed by atoms with Crippen molar-refractivity contribution in [1.82, 2.24) is 4.90 Å². The molecular weight excluding hydrogens is 302 g/mol. The molecule has 126 valence electrons. The Balaban J connectivity index is 1.30. The van der Waals surface area contributed by atoms with Crippen LogP contribution in [-0.2, 0) is 6.54 Å². The van der Waals surface area contributed by atoms with Crippen LogP contribution < -0.4 is 9.47 Å². The third-order valence-corrected chi connectivity index (χ3v) is 9.05. The highest BCUT2D eigenvalue weighted by atomic mass is 16.5. The summed E-state index contributed by atoms with van der Waals surface area (Å²) in [6.45, 7) is 0.813. The molecule has 0 amide bonds. The van der Waals surface area contributed by atoms with Crippen LogP contribution in [0.5, 0.6) is 11.5 Å². The first-order valence-corrected chi connectivity index (χ1v) is 9.40. The largest absolute Gasteiger partial charge is 0.497 e. The van der Waals surface area contributed by atoms with Gasteiger partial charge >= 0.3 is 0 Å². The number of rotatable bonds is 4. The van der Waals surface area contributed by atoms with Gasteiger partial charge in [0.2, 0.25) is 0 Å². The zero-order chi connectivity index (χ0) is 16.0. The van der Waals surface area contributed by atoms with E-state index in [0.717, 1.165) is 53.6 Å². The van der Waals surface area contributed by atoms with Crippen molar-refractivity contribution >= 4 is 0 Å². The fraction of sp³-hybridized carbons (Fsp3) is 0.700. The van der Waals surface area contributed by atoms with Gasteiger partial charge in [-0.25, -0.2) is 0 Å². The lowest BCUT2D eigenvalue weighted by atomic mass is 9.59. The molecule has 2 saturated heterocycles. The topological polar surface area (TPSA) is 41.9 Å². The minimum absolute atomic E-state index is 0.512. The minimum atomic E-state index is -0.512. The van der Waals surface area contributed by atoms with Crippen LogP contribution in [0.1, 0.15) is 12.0 Å². The van der Waals surface area contributed by atoms with Gasteiger partial charge in [0.1, 0.15) is 17.2 Å². The maximum Gasteiger partial charge on any atom is 0.127 e. The van der Waals surface area contributed by atoms with Gasteiger partial charge < -0.3 is 14.6 Å². The van der Waals surface area contributed by atoms with Crippen LogP contribution >= 0.6 is 0 Å². The van der Waals surface area contributed by atoms with Gasteiger partial charge in [0.25, 0.3) is 0 Å². The van der Waals surface area contributed by atoms with Gasteiger partial charge in [0.05, 0.1) is 14.2 Å². The summed E-state index contributed by atoms with van der Waals surface area (Å²) in [5.41, 5.74) is 0.662. The molecule has 4 bridgehead atoms. The minimum Gasteiger partial charge on any atom is -0.497 e. The van der Waals surface area contributed by atoms with Gasteiger partial charge in [-0.15, -0.1) is 0 Å². The zero-order valence-corrected chi connectivity index (χ0v) is 14.1. The van der Waals surface area contributed by atoms with Crippen molar-refractivity contribution in [2.24, 2.45) is 47.3 Å². The number of nitrogens with zero attached hydrogens (tertiary/aromatic N) is 1. The molecule has 5 aliphatic carbocycles. The van der Waals surface area contributed by atoms with E-state index in [2.05, 4.69) is 11.0 Å². The standard InChI is InChI=1S/C20H23NO3/c1-23-9-4-3-8(12(5-9)24-2)7-21-19-15-10-6-11-14-13(10)16(19)18(14)20(21,22)17(11)15/h3-5,10-11,13-19,22H,6-7H2,1-2H3/t10-,11+,13-,14+,15+,16-,17-,18+,19-,20+/m0/s1. The highest BCUT2D eigenvalue weighted by Gasteiger charge is 2.93. The molecule has 5 saturated carbocycles. The van der Waals surface area contributed by atoms with Gasteiger partial charge in [-0.2, -0.15) is 0 Å². The first-order valence-electron chi connectivity index (χ1n) is 9.40. The average Bonchev–Trinajstić information content (AvgIpc) is 3.21. The molecule has 10 atom stereocenters. The molecule has 2 heterocycles. The van der Waals surface area contributed by atoms with Crippen LogP contribution in [0.25, 0.3) is 0 Å². The van der Waals surface area contributed by atoms with E-state index in [1.165, 1.54) is 12.0 Å². The summed E-state index contributed by atoms with van der Waals surface area (Å²) in [4.78, 5) is 2.49. The maximum atomic E-state index is 11.8. The molecule has 1 N–H and O–H groups in total. The third-order valence-electron chi connectivity index (χ3n) is 9.05. The van der Waals surface area contributed by atoms with Crippen LogP contribution in [0.4, 0.5) is 0 Å². The van der Waals surface area contributed by atoms with Gasteiger partial charge in [0, 0.05) is 36.1 Å². The molecule has 0 unspecified atom stereocenters. The van der Waals surface area contributed by atoms with Crippen molar-refractivity contribution in [2.45, 2.75) is 24.7 Å². The van der Waals surface area contributed by atoms with Gasteiger partial charge in [-0.05, 0) is 48.0 Å². The Hall–Kier alpha value is -1.26. The van der Waals surface area contributed by atoms with Crippen molar-refractivity contribution in [1.29, 1.82) is 0 Å². The Morgan fingerprint density at radius 3 is 2.75 bits per heavy atom. The van der Waals surface area contributed by atoms with E-state index in [1.54, 1.807) is 14.2 Å². The monoisotopic (exact) mass is 325 g/mol. The van der Waals surface area contributed by atoms with Crippen LogP contribution in [0.2, 0.25) is 0 Å². The van der Waals surface area contributed by atoms with E-state index in [9.17, 15) is 5.11 Å². The molecule has 1 aromatic carbocycles. The molecule has 7 aliphatic rings. The molecule has 0 aromatic heterocycles. The fourth-order valence-corrected chi connectivity index (χ4v) is 8.93. The number of ether oxygens (including phenoxy) is 2. The van der Waals surface area contributed by atoms with Gasteiger partial charge in [-0.3, -0.25) is 4.90 Å². The molecule has 4 nitrogen and oxygen atoms in total. The lowest BCUT2D eigenvalue weighted by Crippen LogP contribution is -2.50. The summed E-state index contributed by atoms with van der Waals surface area (Å²) in [5.74, 6) is 8.03. The first kappa shape index (κ1) is 13.0. The molecule has 0 spiro atoms. The maximum absolute atomic E-state index is 11.8. The summed E-state index contributed by atoms with van der Waals surface area (Å²) in [7, 11) is 3.40. The smallest absolute Gasteiger partial charge is 0.127 e. The summed E-state index contributed by atoms with van der Waals surface area (Å²) in [6, 6.07) is 6.71. The second kappa shape index (κ2) is 3.63. The zero-order valence-electron chi connectivity index (χ0n) is 14.1. The molecule has 2 aliphatic heterocycles. The summed E-state index contributed by atoms with van der Waals surface area (Å²) in [5, 5.41) is 11.8. The fourth-order valence-electron chi connectivity index (χ4n) is 8.93. The van der Waals surface area contributed by atoms with E-state index in [1.807, 2.05) is 12.1 Å². The molecule has 7 fully saturated rings. The highest BCUT2D eigenvalue weighted by Crippen LogP contribution is 2.90. The van der Waals surface area contributed by atoms with Gasteiger partial charge in [-0.1, -0.05) is 6.07 Å². The number of hydrogen-bond donors (Lipinski definition) is 1. The van der Waals surface area contributed by atoms with Crippen LogP contribution in [-0.4, -0.2) is 36.0 Å². The number of hydrogen-bond acceptors (Lipinski definition) is 4. The normalized spacial score (nSPS) is 56.5. The molecule has 0 radical (unpaired) electrons. The Bertz CT molecular complexity index is 780. The van der Waals surface area contributed by atoms with E-state index in [0.29, 0.717) is 17.9 Å². The lowest BCUT2D eigenvalue weighted by molar-refractivity contribution is -0.134. The molecule has 1 aromatic rings. The molecular formula is C20H23NO3. The van der Waals surface area contributed by atoms with Crippen molar-refractivity contribution in [3.63, 3.8) is 0 Å². The molecule has 24 heavy (non-hydrogen) atoms. The van der Waals surface area contributed by atoms with Crippen LogP contribution in [0, 0.1) is 47.3 Å². The van der Waals surface area contributed by atoms with E-state index in [-0.39, 0.29) is 0 Å². The average molecular weight is 325 g/mol. The predicted molar refractivity (Wildman–Crippen MR) is 86.4 cm³/mol.